The molecule has 0 bridgehead atoms. The Morgan fingerprint density at radius 1 is 1.50 bits per heavy atom. The highest BCUT2D eigenvalue weighted by atomic mass is 16.2. The van der Waals surface area contributed by atoms with E-state index in [1.165, 1.54) is 0 Å². The first-order valence-electron chi connectivity index (χ1n) is 4.88. The van der Waals surface area contributed by atoms with Crippen molar-refractivity contribution >= 4 is 17.3 Å². The molecule has 74 valence electrons. The highest BCUT2D eigenvalue weighted by molar-refractivity contribution is 6.03. The number of amides is 1. The molecule has 3 heteroatoms. The number of nitrogens with zero attached hydrogens (tertiary/aromatic N) is 1. The van der Waals surface area contributed by atoms with Gasteiger partial charge in [-0.05, 0) is 25.5 Å². The molecule has 14 heavy (non-hydrogen) atoms. The predicted molar refractivity (Wildman–Crippen MR) is 57.7 cm³/mol. The molecule has 1 aliphatic heterocycles. The van der Waals surface area contributed by atoms with E-state index < -0.39 is 0 Å². The van der Waals surface area contributed by atoms with Gasteiger partial charge in [-0.2, -0.15) is 0 Å². The SMILES string of the molecule is CCN1C(=O)CNc2cccc(C)c21. The van der Waals surface area contributed by atoms with Gasteiger partial charge < -0.3 is 10.2 Å². The van der Waals surface area contributed by atoms with Gasteiger partial charge >= 0.3 is 0 Å². The molecule has 0 unspecified atom stereocenters. The number of hydrogen-bond acceptors (Lipinski definition) is 2. The molecule has 1 aromatic carbocycles. The molecule has 1 aliphatic rings. The number of fused-ring (bicyclic) bond motifs is 1. The number of para-hydroxylation sites is 1. The number of rotatable bonds is 1. The van der Waals surface area contributed by atoms with Crippen LogP contribution in [0.3, 0.4) is 0 Å². The Morgan fingerprint density at radius 3 is 3.00 bits per heavy atom. The number of hydrogen-bond donors (Lipinski definition) is 1. The van der Waals surface area contributed by atoms with Crippen molar-refractivity contribution in [2.45, 2.75) is 13.8 Å². The quantitative estimate of drug-likeness (QED) is 0.732. The number of carbonyl (C=O) groups excluding carboxylic acids is 1. The van der Waals surface area contributed by atoms with Crippen LogP contribution in [0, 0.1) is 6.92 Å². The zero-order valence-electron chi connectivity index (χ0n) is 8.50. The van der Waals surface area contributed by atoms with Crippen LogP contribution >= 0.6 is 0 Å². The van der Waals surface area contributed by atoms with E-state index in [1.807, 2.05) is 36.9 Å². The molecule has 0 atom stereocenters. The molecule has 0 aromatic heterocycles. The Hall–Kier alpha value is -1.51. The zero-order valence-corrected chi connectivity index (χ0v) is 8.50. The molecule has 0 radical (unpaired) electrons. The van der Waals surface area contributed by atoms with E-state index in [4.69, 9.17) is 0 Å². The van der Waals surface area contributed by atoms with E-state index in [2.05, 4.69) is 5.32 Å². The molecule has 1 N–H and O–H groups in total. The van der Waals surface area contributed by atoms with Crippen molar-refractivity contribution in [2.24, 2.45) is 0 Å². The number of likely N-dealkylation sites (N-methyl/N-ethyl adjacent to an activating group) is 1. The molecule has 0 fully saturated rings. The lowest BCUT2D eigenvalue weighted by Crippen LogP contribution is -2.40. The van der Waals surface area contributed by atoms with E-state index in [0.29, 0.717) is 6.54 Å². The fraction of sp³-hybridized carbons (Fsp3) is 0.364. The first kappa shape index (κ1) is 9.06. The molecule has 1 aromatic rings. The standard InChI is InChI=1S/C11H14N2O/c1-3-13-10(14)7-12-9-6-4-5-8(2)11(9)13/h4-6,12H,3,7H2,1-2H3. The lowest BCUT2D eigenvalue weighted by atomic mass is 10.1. The second-order valence-electron chi connectivity index (χ2n) is 3.46. The Labute approximate surface area is 83.7 Å². The summed E-state index contributed by atoms with van der Waals surface area (Å²) < 4.78 is 0. The summed E-state index contributed by atoms with van der Waals surface area (Å²) in [7, 11) is 0. The van der Waals surface area contributed by atoms with E-state index >= 15 is 0 Å². The van der Waals surface area contributed by atoms with Gasteiger partial charge in [-0.15, -0.1) is 0 Å². The van der Waals surface area contributed by atoms with Crippen LogP contribution < -0.4 is 10.2 Å². The molecule has 0 saturated carbocycles. The smallest absolute Gasteiger partial charge is 0.246 e. The average Bonchev–Trinajstić information content (AvgIpc) is 2.19. The van der Waals surface area contributed by atoms with Crippen LogP contribution in [0.4, 0.5) is 11.4 Å². The topological polar surface area (TPSA) is 32.3 Å². The van der Waals surface area contributed by atoms with Crippen molar-refractivity contribution in [3.05, 3.63) is 23.8 Å². The second-order valence-corrected chi connectivity index (χ2v) is 3.46. The molecular formula is C11H14N2O. The minimum absolute atomic E-state index is 0.147. The fourth-order valence-electron chi connectivity index (χ4n) is 1.89. The lowest BCUT2D eigenvalue weighted by molar-refractivity contribution is -0.117. The van der Waals surface area contributed by atoms with Crippen LogP contribution in [0.15, 0.2) is 18.2 Å². The molecule has 3 nitrogen and oxygen atoms in total. The Balaban J connectivity index is 2.54. The van der Waals surface area contributed by atoms with Gasteiger partial charge in [-0.25, -0.2) is 0 Å². The van der Waals surface area contributed by atoms with E-state index in [0.717, 1.165) is 23.5 Å². The van der Waals surface area contributed by atoms with Crippen LogP contribution in [0.1, 0.15) is 12.5 Å². The maximum absolute atomic E-state index is 11.6. The molecule has 0 spiro atoms. The van der Waals surface area contributed by atoms with Crippen LogP contribution in [0.5, 0.6) is 0 Å². The molecule has 1 heterocycles. The predicted octanol–water partition coefficient (Wildman–Crippen LogP) is 1.77. The minimum Gasteiger partial charge on any atom is -0.374 e. The minimum atomic E-state index is 0.147. The van der Waals surface area contributed by atoms with Crippen LogP contribution in [0.25, 0.3) is 0 Å². The van der Waals surface area contributed by atoms with Gasteiger partial charge in [0.1, 0.15) is 0 Å². The third kappa shape index (κ3) is 1.25. The summed E-state index contributed by atoms with van der Waals surface area (Å²) in [5.41, 5.74) is 3.24. The first-order chi connectivity index (χ1) is 6.74. The van der Waals surface area contributed by atoms with E-state index in [9.17, 15) is 4.79 Å². The van der Waals surface area contributed by atoms with E-state index in [-0.39, 0.29) is 5.91 Å². The number of nitrogens with one attached hydrogen (secondary N) is 1. The number of benzene rings is 1. The van der Waals surface area contributed by atoms with Crippen molar-refractivity contribution in [3.8, 4) is 0 Å². The Bertz CT molecular complexity index is 374. The van der Waals surface area contributed by atoms with Crippen molar-refractivity contribution in [2.75, 3.05) is 23.3 Å². The van der Waals surface area contributed by atoms with Gasteiger partial charge in [-0.1, -0.05) is 12.1 Å². The Morgan fingerprint density at radius 2 is 2.29 bits per heavy atom. The highest BCUT2D eigenvalue weighted by Gasteiger charge is 2.23. The highest BCUT2D eigenvalue weighted by Crippen LogP contribution is 2.32. The lowest BCUT2D eigenvalue weighted by Gasteiger charge is -2.30. The van der Waals surface area contributed by atoms with Crippen LogP contribution in [-0.4, -0.2) is 19.0 Å². The number of anilines is 2. The molecule has 1 amide bonds. The second kappa shape index (κ2) is 3.33. The van der Waals surface area contributed by atoms with Crippen molar-refractivity contribution < 1.29 is 4.79 Å². The summed E-state index contributed by atoms with van der Waals surface area (Å²) in [6.45, 7) is 5.17. The zero-order chi connectivity index (χ0) is 10.1. The summed E-state index contributed by atoms with van der Waals surface area (Å²) in [4.78, 5) is 13.4. The molecule has 2 rings (SSSR count). The monoisotopic (exact) mass is 190 g/mol. The van der Waals surface area contributed by atoms with Crippen LogP contribution in [0.2, 0.25) is 0 Å². The maximum atomic E-state index is 11.6. The van der Waals surface area contributed by atoms with Gasteiger partial charge in [0, 0.05) is 6.54 Å². The largest absolute Gasteiger partial charge is 0.374 e. The maximum Gasteiger partial charge on any atom is 0.246 e. The normalized spacial score (nSPS) is 15.0. The molecule has 0 saturated heterocycles. The summed E-state index contributed by atoms with van der Waals surface area (Å²) >= 11 is 0. The average molecular weight is 190 g/mol. The van der Waals surface area contributed by atoms with Gasteiger partial charge in [-0.3, -0.25) is 4.79 Å². The Kier molecular flexibility index (Phi) is 2.15. The number of carbonyl (C=O) groups is 1. The van der Waals surface area contributed by atoms with Crippen molar-refractivity contribution in [1.82, 2.24) is 0 Å². The summed E-state index contributed by atoms with van der Waals surface area (Å²) in [5.74, 6) is 0.147. The molecule has 0 aliphatic carbocycles. The third-order valence-corrected chi connectivity index (χ3v) is 2.56. The first-order valence-corrected chi connectivity index (χ1v) is 4.88. The van der Waals surface area contributed by atoms with E-state index in [1.54, 1.807) is 0 Å². The fourth-order valence-corrected chi connectivity index (χ4v) is 1.89. The van der Waals surface area contributed by atoms with Gasteiger partial charge in [0.15, 0.2) is 0 Å². The van der Waals surface area contributed by atoms with Crippen LogP contribution in [-0.2, 0) is 4.79 Å². The molecular weight excluding hydrogens is 176 g/mol. The summed E-state index contributed by atoms with van der Waals surface area (Å²) in [5, 5.41) is 3.13. The number of aryl methyl sites for hydroxylation is 1. The third-order valence-electron chi connectivity index (χ3n) is 2.56. The summed E-state index contributed by atoms with van der Waals surface area (Å²) in [6.07, 6.45) is 0. The van der Waals surface area contributed by atoms with Gasteiger partial charge in [0.05, 0.1) is 17.9 Å². The van der Waals surface area contributed by atoms with Crippen molar-refractivity contribution in [3.63, 3.8) is 0 Å². The van der Waals surface area contributed by atoms with Gasteiger partial charge in [0.25, 0.3) is 0 Å². The summed E-state index contributed by atoms with van der Waals surface area (Å²) in [6, 6.07) is 6.05. The van der Waals surface area contributed by atoms with Crippen molar-refractivity contribution in [1.29, 1.82) is 0 Å². The van der Waals surface area contributed by atoms with Gasteiger partial charge in [0.2, 0.25) is 5.91 Å².